The molecule has 0 saturated heterocycles. The summed E-state index contributed by atoms with van der Waals surface area (Å²) in [5, 5.41) is 23.2. The maximum Gasteiger partial charge on any atom is 0.408 e. The van der Waals surface area contributed by atoms with Crippen LogP contribution >= 0.6 is 0 Å². The molecule has 10 heteroatoms. The summed E-state index contributed by atoms with van der Waals surface area (Å²) in [6, 6.07) is -1.15. The van der Waals surface area contributed by atoms with Gasteiger partial charge in [-0.05, 0) is 27.7 Å². The minimum Gasteiger partial charge on any atom is -0.481 e. The van der Waals surface area contributed by atoms with E-state index in [1.165, 1.54) is 6.92 Å². The van der Waals surface area contributed by atoms with E-state index >= 15 is 0 Å². The van der Waals surface area contributed by atoms with E-state index < -0.39 is 71.5 Å². The molecule has 0 bridgehead atoms. The van der Waals surface area contributed by atoms with Crippen molar-refractivity contribution in [1.29, 1.82) is 0 Å². The molecule has 0 aliphatic heterocycles. The molecule has 0 aromatic carbocycles. The van der Waals surface area contributed by atoms with Crippen molar-refractivity contribution in [3.05, 3.63) is 0 Å². The molecule has 146 valence electrons. The van der Waals surface area contributed by atoms with E-state index in [-0.39, 0.29) is 0 Å². The third-order valence-corrected chi connectivity index (χ3v) is 4.72. The van der Waals surface area contributed by atoms with Crippen LogP contribution in [0.4, 0.5) is 9.18 Å². The van der Waals surface area contributed by atoms with Crippen molar-refractivity contribution in [1.82, 2.24) is 10.6 Å². The van der Waals surface area contributed by atoms with Gasteiger partial charge in [-0.1, -0.05) is 0 Å². The molecule has 2 amide bonds. The van der Waals surface area contributed by atoms with E-state index in [0.717, 1.165) is 0 Å². The Hall–Kier alpha value is -2.39. The van der Waals surface area contributed by atoms with Crippen LogP contribution in [0.2, 0.25) is 0 Å². The fraction of sp³-hybridized carbons (Fsp3) is 0.750. The minimum absolute atomic E-state index is 0.508. The smallest absolute Gasteiger partial charge is 0.408 e. The standard InChI is InChI=1S/C16H23FN2O7/c1-6(18-14(25)26-15(2,3)4)11(20)19-16(13(23)24)5-7(17)8-9(10(8)16)12(21)22/h6-10H,5H2,1-4H3,(H,18,25)(H,19,20)(H,21,22)(H,23,24)/t6-,7+,8?,9-,10-,16-/m0/s1. The molecule has 0 heterocycles. The maximum absolute atomic E-state index is 14.1. The molecule has 4 N–H and O–H groups in total. The summed E-state index contributed by atoms with van der Waals surface area (Å²) in [6.07, 6.45) is -3.01. The highest BCUT2D eigenvalue weighted by atomic mass is 19.1. The number of aliphatic carboxylic acids is 2. The number of amides is 2. The molecular weight excluding hydrogens is 351 g/mol. The lowest BCUT2D eigenvalue weighted by molar-refractivity contribution is -0.150. The van der Waals surface area contributed by atoms with E-state index in [1.54, 1.807) is 20.8 Å². The fourth-order valence-electron chi connectivity index (χ4n) is 3.61. The summed E-state index contributed by atoms with van der Waals surface area (Å²) >= 11 is 0. The van der Waals surface area contributed by atoms with Crippen LogP contribution in [0.1, 0.15) is 34.1 Å². The number of carboxylic acid groups (broad SMARTS) is 2. The summed E-state index contributed by atoms with van der Waals surface area (Å²) in [5.41, 5.74) is -2.79. The summed E-state index contributed by atoms with van der Waals surface area (Å²) in [4.78, 5) is 47.0. The Bertz CT molecular complexity index is 647. The SMILES string of the molecule is C[C@H](NC(=O)OC(C)(C)C)C(=O)N[C@@]1(C(=O)O)C[C@@H](F)C2[C@H](C(=O)O)[C@H]21. The molecule has 2 aliphatic rings. The van der Waals surface area contributed by atoms with Crippen LogP contribution in [0.5, 0.6) is 0 Å². The lowest BCUT2D eigenvalue weighted by atomic mass is 9.89. The normalized spacial score (nSPS) is 33.6. The van der Waals surface area contributed by atoms with Crippen LogP contribution in [-0.2, 0) is 19.1 Å². The van der Waals surface area contributed by atoms with Crippen LogP contribution < -0.4 is 10.6 Å². The van der Waals surface area contributed by atoms with Gasteiger partial charge in [-0.25, -0.2) is 14.0 Å². The Labute approximate surface area is 149 Å². The molecule has 6 atom stereocenters. The zero-order valence-electron chi connectivity index (χ0n) is 14.9. The highest BCUT2D eigenvalue weighted by Gasteiger charge is 2.76. The molecule has 2 rings (SSSR count). The molecule has 1 unspecified atom stereocenters. The number of hydrogen-bond donors (Lipinski definition) is 4. The predicted molar refractivity (Wildman–Crippen MR) is 85.0 cm³/mol. The molecule has 0 radical (unpaired) electrons. The Kier molecular flexibility index (Phi) is 4.91. The fourth-order valence-corrected chi connectivity index (χ4v) is 3.61. The van der Waals surface area contributed by atoms with E-state index in [4.69, 9.17) is 9.84 Å². The number of fused-ring (bicyclic) bond motifs is 1. The number of nitrogens with one attached hydrogen (secondary N) is 2. The Balaban J connectivity index is 2.09. The molecule has 2 aliphatic carbocycles. The molecule has 2 saturated carbocycles. The number of carbonyl (C=O) groups is 4. The third-order valence-electron chi connectivity index (χ3n) is 4.72. The molecular formula is C16H23FN2O7. The average molecular weight is 374 g/mol. The van der Waals surface area contributed by atoms with Gasteiger partial charge in [-0.15, -0.1) is 0 Å². The first kappa shape index (κ1) is 19.9. The van der Waals surface area contributed by atoms with Gasteiger partial charge in [0.1, 0.15) is 23.4 Å². The largest absolute Gasteiger partial charge is 0.481 e. The zero-order chi connectivity index (χ0) is 20.0. The second-order valence-electron chi connectivity index (χ2n) is 7.82. The van der Waals surface area contributed by atoms with Gasteiger partial charge < -0.3 is 25.6 Å². The van der Waals surface area contributed by atoms with Crippen LogP contribution in [0.15, 0.2) is 0 Å². The second-order valence-corrected chi connectivity index (χ2v) is 7.82. The number of hydrogen-bond acceptors (Lipinski definition) is 5. The van der Waals surface area contributed by atoms with Crippen molar-refractivity contribution in [2.24, 2.45) is 17.8 Å². The predicted octanol–water partition coefficient (Wildman–Crippen LogP) is 0.528. The average Bonchev–Trinajstić information content (AvgIpc) is 3.13. The van der Waals surface area contributed by atoms with Crippen molar-refractivity contribution in [3.8, 4) is 0 Å². The first-order valence-corrected chi connectivity index (χ1v) is 8.22. The number of carboxylic acids is 2. The maximum atomic E-state index is 14.1. The number of rotatable bonds is 5. The lowest BCUT2D eigenvalue weighted by Gasteiger charge is -2.30. The van der Waals surface area contributed by atoms with Crippen molar-refractivity contribution < 1.29 is 38.5 Å². The molecule has 26 heavy (non-hydrogen) atoms. The second kappa shape index (κ2) is 6.40. The lowest BCUT2D eigenvalue weighted by Crippen LogP contribution is -2.60. The van der Waals surface area contributed by atoms with Gasteiger partial charge in [0, 0.05) is 18.3 Å². The van der Waals surface area contributed by atoms with Gasteiger partial charge in [0.15, 0.2) is 0 Å². The van der Waals surface area contributed by atoms with Gasteiger partial charge >= 0.3 is 18.0 Å². The van der Waals surface area contributed by atoms with Crippen LogP contribution in [0.25, 0.3) is 0 Å². The quantitative estimate of drug-likeness (QED) is 0.550. The summed E-state index contributed by atoms with van der Waals surface area (Å²) in [5.74, 6) is -6.74. The summed E-state index contributed by atoms with van der Waals surface area (Å²) < 4.78 is 19.1. The van der Waals surface area contributed by atoms with Gasteiger partial charge in [-0.3, -0.25) is 9.59 Å². The topological polar surface area (TPSA) is 142 Å². The van der Waals surface area contributed by atoms with E-state index in [2.05, 4.69) is 10.6 Å². The Morgan fingerprint density at radius 2 is 1.81 bits per heavy atom. The Morgan fingerprint density at radius 3 is 2.23 bits per heavy atom. The molecule has 0 spiro atoms. The summed E-state index contributed by atoms with van der Waals surface area (Å²) in [7, 11) is 0. The molecule has 0 aromatic rings. The summed E-state index contributed by atoms with van der Waals surface area (Å²) in [6.45, 7) is 6.22. The van der Waals surface area contributed by atoms with E-state index in [0.29, 0.717) is 0 Å². The van der Waals surface area contributed by atoms with Crippen LogP contribution in [0.3, 0.4) is 0 Å². The van der Waals surface area contributed by atoms with Crippen molar-refractivity contribution in [3.63, 3.8) is 0 Å². The number of alkyl halides is 1. The number of ether oxygens (including phenoxy) is 1. The van der Waals surface area contributed by atoms with Crippen molar-refractivity contribution in [2.75, 3.05) is 0 Å². The third kappa shape index (κ3) is 3.58. The molecule has 0 aromatic heterocycles. The minimum atomic E-state index is -2.01. The first-order chi connectivity index (χ1) is 11.8. The van der Waals surface area contributed by atoms with Gasteiger partial charge in [0.2, 0.25) is 5.91 Å². The van der Waals surface area contributed by atoms with Crippen LogP contribution in [0, 0.1) is 17.8 Å². The van der Waals surface area contributed by atoms with Gasteiger partial charge in [0.25, 0.3) is 0 Å². The zero-order valence-corrected chi connectivity index (χ0v) is 14.9. The van der Waals surface area contributed by atoms with Crippen LogP contribution in [-0.4, -0.2) is 57.5 Å². The van der Waals surface area contributed by atoms with Gasteiger partial charge in [-0.2, -0.15) is 0 Å². The number of carbonyl (C=O) groups excluding carboxylic acids is 2. The first-order valence-electron chi connectivity index (χ1n) is 8.22. The van der Waals surface area contributed by atoms with Crippen molar-refractivity contribution in [2.45, 2.75) is 57.5 Å². The number of halogens is 1. The Morgan fingerprint density at radius 1 is 1.23 bits per heavy atom. The molecule has 9 nitrogen and oxygen atoms in total. The monoisotopic (exact) mass is 374 g/mol. The highest BCUT2D eigenvalue weighted by Crippen LogP contribution is 2.63. The van der Waals surface area contributed by atoms with Crippen molar-refractivity contribution >= 4 is 23.9 Å². The number of alkyl carbamates (subject to hydrolysis) is 1. The van der Waals surface area contributed by atoms with E-state index in [1.807, 2.05) is 0 Å². The van der Waals surface area contributed by atoms with E-state index in [9.17, 15) is 28.7 Å². The van der Waals surface area contributed by atoms with Gasteiger partial charge in [0.05, 0.1) is 5.92 Å². The highest BCUT2D eigenvalue weighted by molar-refractivity contribution is 5.93. The molecule has 2 fully saturated rings.